The summed E-state index contributed by atoms with van der Waals surface area (Å²) in [4.78, 5) is 0. The quantitative estimate of drug-likeness (QED) is 0.457. The van der Waals surface area contributed by atoms with Crippen LogP contribution < -0.4 is 0 Å². The molecule has 0 radical (unpaired) electrons. The van der Waals surface area contributed by atoms with Gasteiger partial charge in [-0.1, -0.05) is 19.8 Å². The van der Waals surface area contributed by atoms with Crippen molar-refractivity contribution in [1.29, 1.82) is 0 Å². The summed E-state index contributed by atoms with van der Waals surface area (Å²) in [6.45, 7) is 7.19. The normalized spacial score (nSPS) is 12.0. The van der Waals surface area contributed by atoms with Crippen molar-refractivity contribution in [2.75, 3.05) is 13.7 Å². The fourth-order valence-corrected chi connectivity index (χ4v) is 1.48. The van der Waals surface area contributed by atoms with E-state index in [4.69, 9.17) is 8.85 Å². The molecule has 0 unspecified atom stereocenters. The van der Waals surface area contributed by atoms with E-state index < -0.39 is 8.56 Å². The molecule has 0 saturated carbocycles. The minimum absolute atomic E-state index is 0.862. The largest absolute Gasteiger partial charge is 0.398 e. The third-order valence-electron chi connectivity index (χ3n) is 1.69. The van der Waals surface area contributed by atoms with E-state index in [0.717, 1.165) is 13.0 Å². The molecule has 0 spiro atoms. The van der Waals surface area contributed by atoms with E-state index in [0.29, 0.717) is 0 Å². The van der Waals surface area contributed by atoms with E-state index in [-0.39, 0.29) is 0 Å². The molecule has 0 N–H and O–H groups in total. The van der Waals surface area contributed by atoms with Crippen molar-refractivity contribution in [3.8, 4) is 0 Å². The van der Waals surface area contributed by atoms with Gasteiger partial charge in [0.1, 0.15) is 0 Å². The van der Waals surface area contributed by atoms with Gasteiger partial charge in [-0.05, 0) is 19.5 Å². The predicted octanol–water partition coefficient (Wildman–Crippen LogP) is 2.54. The van der Waals surface area contributed by atoms with Crippen LogP contribution in [0.15, 0.2) is 0 Å². The van der Waals surface area contributed by atoms with Crippen molar-refractivity contribution in [1.82, 2.24) is 0 Å². The second-order valence-corrected chi connectivity index (χ2v) is 6.66. The molecule has 0 aliphatic rings. The number of rotatable bonds is 6. The van der Waals surface area contributed by atoms with Gasteiger partial charge in [-0.3, -0.25) is 0 Å². The summed E-state index contributed by atoms with van der Waals surface area (Å²) in [5.74, 6) is 0. The zero-order valence-corrected chi connectivity index (χ0v) is 9.14. The minimum atomic E-state index is -1.73. The highest BCUT2D eigenvalue weighted by atomic mass is 28.4. The smallest absolute Gasteiger partial charge is 0.331 e. The summed E-state index contributed by atoms with van der Waals surface area (Å²) >= 11 is 0. The van der Waals surface area contributed by atoms with Gasteiger partial charge in [0.2, 0.25) is 0 Å². The average molecular weight is 176 g/mol. The highest BCUT2D eigenvalue weighted by Crippen LogP contribution is 2.05. The van der Waals surface area contributed by atoms with Crippen molar-refractivity contribution in [2.24, 2.45) is 0 Å². The summed E-state index contributed by atoms with van der Waals surface area (Å²) in [6, 6.07) is 0. The lowest BCUT2D eigenvalue weighted by Gasteiger charge is -2.19. The van der Waals surface area contributed by atoms with E-state index in [1.807, 2.05) is 0 Å². The maximum absolute atomic E-state index is 5.60. The molecule has 0 atom stereocenters. The van der Waals surface area contributed by atoms with Gasteiger partial charge < -0.3 is 8.85 Å². The molecule has 0 aliphatic heterocycles. The summed E-state index contributed by atoms with van der Waals surface area (Å²) < 4.78 is 10.8. The van der Waals surface area contributed by atoms with E-state index in [2.05, 4.69) is 20.0 Å². The monoisotopic (exact) mass is 176 g/mol. The third kappa shape index (κ3) is 6.53. The highest BCUT2D eigenvalue weighted by molar-refractivity contribution is 6.64. The van der Waals surface area contributed by atoms with E-state index in [1.165, 1.54) is 12.8 Å². The van der Waals surface area contributed by atoms with Crippen LogP contribution in [0, 0.1) is 0 Å². The molecular formula is C8H20O2Si. The van der Waals surface area contributed by atoms with Crippen LogP contribution >= 0.6 is 0 Å². The maximum atomic E-state index is 5.60. The first-order valence-corrected chi connectivity index (χ1v) is 7.13. The molecule has 0 heterocycles. The Kier molecular flexibility index (Phi) is 5.82. The van der Waals surface area contributed by atoms with E-state index in [9.17, 15) is 0 Å². The molecule has 68 valence electrons. The van der Waals surface area contributed by atoms with Crippen LogP contribution in [0.1, 0.15) is 26.2 Å². The highest BCUT2D eigenvalue weighted by Gasteiger charge is 2.21. The topological polar surface area (TPSA) is 18.5 Å². The molecule has 0 aromatic heterocycles. The van der Waals surface area contributed by atoms with Gasteiger partial charge in [0, 0.05) is 13.7 Å². The number of unbranched alkanes of at least 4 members (excludes halogenated alkanes) is 2. The number of hydrogen-bond donors (Lipinski definition) is 0. The standard InChI is InChI=1S/C8H20O2Si/c1-5-6-7-8-10-11(3,4)9-2/h5-8H2,1-4H3. The Balaban J connectivity index is 3.23. The zero-order valence-electron chi connectivity index (χ0n) is 8.14. The molecule has 0 amide bonds. The fraction of sp³-hybridized carbons (Fsp3) is 1.00. The maximum Gasteiger partial charge on any atom is 0.331 e. The lowest BCUT2D eigenvalue weighted by atomic mass is 10.3. The number of hydrogen-bond acceptors (Lipinski definition) is 2. The van der Waals surface area contributed by atoms with Crippen molar-refractivity contribution >= 4 is 8.56 Å². The van der Waals surface area contributed by atoms with Gasteiger partial charge in [0.25, 0.3) is 0 Å². The third-order valence-corrected chi connectivity index (χ3v) is 3.57. The molecule has 0 aromatic rings. The van der Waals surface area contributed by atoms with Gasteiger partial charge in [0.15, 0.2) is 0 Å². The SMILES string of the molecule is CCCCCO[Si](C)(C)OC. The second-order valence-electron chi connectivity index (χ2n) is 3.16. The van der Waals surface area contributed by atoms with Crippen molar-refractivity contribution in [2.45, 2.75) is 39.3 Å². The first-order valence-electron chi connectivity index (χ1n) is 4.31. The van der Waals surface area contributed by atoms with Crippen molar-refractivity contribution < 1.29 is 8.85 Å². The molecule has 0 saturated heterocycles. The van der Waals surface area contributed by atoms with Crippen molar-refractivity contribution in [3.63, 3.8) is 0 Å². The Labute approximate surface area is 71.1 Å². The second kappa shape index (κ2) is 5.74. The van der Waals surface area contributed by atoms with Crippen LogP contribution in [0.5, 0.6) is 0 Å². The van der Waals surface area contributed by atoms with Gasteiger partial charge in [-0.15, -0.1) is 0 Å². The fourth-order valence-electron chi connectivity index (χ4n) is 0.729. The molecule has 3 heteroatoms. The van der Waals surface area contributed by atoms with E-state index in [1.54, 1.807) is 7.11 Å². The van der Waals surface area contributed by atoms with Crippen LogP contribution in [0.25, 0.3) is 0 Å². The molecule has 2 nitrogen and oxygen atoms in total. The van der Waals surface area contributed by atoms with Gasteiger partial charge in [-0.2, -0.15) is 0 Å². The summed E-state index contributed by atoms with van der Waals surface area (Å²) in [7, 11) is 0.000948. The Bertz CT molecular complexity index is 94.1. The van der Waals surface area contributed by atoms with Gasteiger partial charge in [-0.25, -0.2) is 0 Å². The van der Waals surface area contributed by atoms with Crippen molar-refractivity contribution in [3.05, 3.63) is 0 Å². The van der Waals surface area contributed by atoms with Crippen LogP contribution in [-0.4, -0.2) is 22.3 Å². The molecule has 0 aliphatic carbocycles. The lowest BCUT2D eigenvalue weighted by molar-refractivity contribution is 0.207. The first-order chi connectivity index (χ1) is 5.12. The van der Waals surface area contributed by atoms with E-state index >= 15 is 0 Å². The van der Waals surface area contributed by atoms with Crippen LogP contribution in [-0.2, 0) is 8.85 Å². The minimum Gasteiger partial charge on any atom is -0.398 e. The van der Waals surface area contributed by atoms with Crippen LogP contribution in [0.4, 0.5) is 0 Å². The Hall–Kier alpha value is 0.137. The first kappa shape index (κ1) is 11.1. The summed E-state index contributed by atoms with van der Waals surface area (Å²) in [5.41, 5.74) is 0. The molecular weight excluding hydrogens is 156 g/mol. The van der Waals surface area contributed by atoms with Crippen LogP contribution in [0.3, 0.4) is 0 Å². The van der Waals surface area contributed by atoms with Crippen LogP contribution in [0.2, 0.25) is 13.1 Å². The van der Waals surface area contributed by atoms with Gasteiger partial charge in [0.05, 0.1) is 0 Å². The summed E-state index contributed by atoms with van der Waals surface area (Å²) in [6.07, 6.45) is 3.67. The molecule has 0 rings (SSSR count). The van der Waals surface area contributed by atoms with Gasteiger partial charge >= 0.3 is 8.56 Å². The zero-order chi connectivity index (χ0) is 8.74. The lowest BCUT2D eigenvalue weighted by Crippen LogP contribution is -2.33. The molecule has 0 fully saturated rings. The Morgan fingerprint density at radius 2 is 1.82 bits per heavy atom. The predicted molar refractivity (Wildman–Crippen MR) is 50.0 cm³/mol. The Morgan fingerprint density at radius 3 is 2.27 bits per heavy atom. The summed E-state index contributed by atoms with van der Waals surface area (Å²) in [5, 5.41) is 0. The molecule has 11 heavy (non-hydrogen) atoms. The molecule has 0 aromatic carbocycles. The Morgan fingerprint density at radius 1 is 1.18 bits per heavy atom. The molecule has 0 bridgehead atoms. The average Bonchev–Trinajstić information content (AvgIpc) is 1.99.